The molecule has 4 heteroatoms. The molecule has 1 rings (SSSR count). The van der Waals surface area contributed by atoms with Gasteiger partial charge in [0.05, 0.1) is 0 Å². The lowest BCUT2D eigenvalue weighted by atomic mass is 10.0. The number of nitrogens with zero attached hydrogens (tertiary/aromatic N) is 1. The fourth-order valence-electron chi connectivity index (χ4n) is 2.41. The molecule has 1 aromatic heterocycles. The summed E-state index contributed by atoms with van der Waals surface area (Å²) >= 11 is 3.44. The van der Waals surface area contributed by atoms with E-state index in [0.717, 1.165) is 42.0 Å². The molecule has 1 N–H and O–H groups in total. The molecule has 120 valence electrons. The number of aromatic nitrogens is 1. The molecule has 0 saturated heterocycles. The Balaban J connectivity index is 2.25. The van der Waals surface area contributed by atoms with Gasteiger partial charge >= 0.3 is 0 Å². The number of hydrogen-bond donors (Lipinski definition) is 1. The zero-order chi connectivity index (χ0) is 15.7. The second-order valence-electron chi connectivity index (χ2n) is 6.09. The summed E-state index contributed by atoms with van der Waals surface area (Å²) in [6, 6.07) is 1.90. The third-order valence-corrected chi connectivity index (χ3v) is 3.99. The third-order valence-electron chi connectivity index (χ3n) is 3.55. The minimum atomic E-state index is 0.0383. The number of aryl methyl sites for hydroxylation is 1. The number of unbranched alkanes of at least 4 members (excludes halogenated alkanes) is 3. The topological polar surface area (TPSA) is 34.0 Å². The molecule has 1 heterocycles. The van der Waals surface area contributed by atoms with Crippen molar-refractivity contribution < 1.29 is 4.79 Å². The molecule has 1 amide bonds. The average Bonchev–Trinajstić information content (AvgIpc) is 2.78. The maximum absolute atomic E-state index is 12.2. The molecule has 3 nitrogen and oxygen atoms in total. The molecule has 0 saturated carbocycles. The molecular weight excluding hydrogens is 328 g/mol. The maximum Gasteiger partial charge on any atom is 0.267 e. The van der Waals surface area contributed by atoms with E-state index < -0.39 is 0 Å². The van der Waals surface area contributed by atoms with Crippen LogP contribution in [0, 0.1) is 5.92 Å². The molecule has 0 unspecified atom stereocenters. The van der Waals surface area contributed by atoms with Crippen molar-refractivity contribution in [3.05, 3.63) is 22.4 Å². The van der Waals surface area contributed by atoms with Gasteiger partial charge in [0.1, 0.15) is 5.69 Å². The number of carbonyl (C=O) groups excluding carboxylic acids is 1. The summed E-state index contributed by atoms with van der Waals surface area (Å²) in [6.07, 6.45) is 9.16. The summed E-state index contributed by atoms with van der Waals surface area (Å²) in [4.78, 5) is 12.2. The van der Waals surface area contributed by atoms with E-state index in [-0.39, 0.29) is 5.91 Å². The van der Waals surface area contributed by atoms with E-state index >= 15 is 0 Å². The highest BCUT2D eigenvalue weighted by Crippen LogP contribution is 2.15. The number of rotatable bonds is 10. The summed E-state index contributed by atoms with van der Waals surface area (Å²) < 4.78 is 2.98. The molecule has 1 aromatic rings. The van der Waals surface area contributed by atoms with Crippen LogP contribution in [0.4, 0.5) is 0 Å². The molecule has 0 aliphatic heterocycles. The maximum atomic E-state index is 12.2. The van der Waals surface area contributed by atoms with Crippen molar-refractivity contribution in [2.24, 2.45) is 5.92 Å². The SMILES string of the molecule is CCCn1cc(Br)cc1C(=O)NCCCCCCC(C)C. The number of carbonyl (C=O) groups is 1. The first-order chi connectivity index (χ1) is 10.0. The van der Waals surface area contributed by atoms with Crippen LogP contribution >= 0.6 is 15.9 Å². The first-order valence-electron chi connectivity index (χ1n) is 8.18. The second-order valence-corrected chi connectivity index (χ2v) is 7.01. The summed E-state index contributed by atoms with van der Waals surface area (Å²) in [5.41, 5.74) is 0.753. The van der Waals surface area contributed by atoms with Crippen LogP contribution in [0.1, 0.15) is 69.8 Å². The molecular formula is C17H29BrN2O. The minimum absolute atomic E-state index is 0.0383. The van der Waals surface area contributed by atoms with Crippen LogP contribution < -0.4 is 5.32 Å². The van der Waals surface area contributed by atoms with Crippen molar-refractivity contribution in [3.63, 3.8) is 0 Å². The van der Waals surface area contributed by atoms with Crippen molar-refractivity contribution >= 4 is 21.8 Å². The molecule has 0 aromatic carbocycles. The van der Waals surface area contributed by atoms with Crippen molar-refractivity contribution in [3.8, 4) is 0 Å². The van der Waals surface area contributed by atoms with Crippen LogP contribution in [-0.4, -0.2) is 17.0 Å². The lowest BCUT2D eigenvalue weighted by Crippen LogP contribution is -2.26. The summed E-state index contributed by atoms with van der Waals surface area (Å²) in [5.74, 6) is 0.839. The van der Waals surface area contributed by atoms with Crippen LogP contribution in [0.5, 0.6) is 0 Å². The van der Waals surface area contributed by atoms with Gasteiger partial charge in [0.25, 0.3) is 5.91 Å². The molecule has 21 heavy (non-hydrogen) atoms. The second kappa shape index (κ2) is 10.0. The third kappa shape index (κ3) is 7.16. The van der Waals surface area contributed by atoms with Crippen LogP contribution in [0.25, 0.3) is 0 Å². The largest absolute Gasteiger partial charge is 0.351 e. The van der Waals surface area contributed by atoms with Crippen LogP contribution in [-0.2, 0) is 6.54 Å². The van der Waals surface area contributed by atoms with E-state index in [0.29, 0.717) is 0 Å². The number of nitrogens with one attached hydrogen (secondary N) is 1. The van der Waals surface area contributed by atoms with E-state index in [1.807, 2.05) is 16.8 Å². The Bertz CT molecular complexity index is 426. The zero-order valence-electron chi connectivity index (χ0n) is 13.6. The lowest BCUT2D eigenvalue weighted by Gasteiger charge is -2.09. The summed E-state index contributed by atoms with van der Waals surface area (Å²) in [5, 5.41) is 3.03. The van der Waals surface area contributed by atoms with Gasteiger partial charge in [-0.2, -0.15) is 0 Å². The molecule has 0 bridgehead atoms. The highest BCUT2D eigenvalue weighted by atomic mass is 79.9. The predicted octanol–water partition coefficient (Wildman–Crippen LogP) is 5.00. The van der Waals surface area contributed by atoms with Crippen molar-refractivity contribution in [1.82, 2.24) is 9.88 Å². The normalized spacial score (nSPS) is 11.1. The Morgan fingerprint density at radius 3 is 2.67 bits per heavy atom. The predicted molar refractivity (Wildman–Crippen MR) is 92.7 cm³/mol. The Morgan fingerprint density at radius 1 is 1.29 bits per heavy atom. The standard InChI is InChI=1S/C17H29BrN2O/c1-4-11-20-13-15(18)12-16(20)17(21)19-10-8-6-5-7-9-14(2)3/h12-14H,4-11H2,1-3H3,(H,19,21). The quantitative estimate of drug-likeness (QED) is 0.588. The first kappa shape index (κ1) is 18.3. The average molecular weight is 357 g/mol. The Morgan fingerprint density at radius 2 is 2.00 bits per heavy atom. The van der Waals surface area contributed by atoms with E-state index in [1.165, 1.54) is 25.7 Å². The minimum Gasteiger partial charge on any atom is -0.351 e. The zero-order valence-corrected chi connectivity index (χ0v) is 15.2. The Kier molecular flexibility index (Phi) is 8.74. The molecule has 0 aliphatic carbocycles. The van der Waals surface area contributed by atoms with Crippen molar-refractivity contribution in [2.75, 3.05) is 6.54 Å². The highest BCUT2D eigenvalue weighted by molar-refractivity contribution is 9.10. The smallest absolute Gasteiger partial charge is 0.267 e. The number of hydrogen-bond acceptors (Lipinski definition) is 1. The van der Waals surface area contributed by atoms with Gasteiger partial charge in [-0.25, -0.2) is 0 Å². The van der Waals surface area contributed by atoms with Gasteiger partial charge in [-0.15, -0.1) is 0 Å². The first-order valence-corrected chi connectivity index (χ1v) is 8.97. The van der Waals surface area contributed by atoms with E-state index in [9.17, 15) is 4.79 Å². The molecule has 0 radical (unpaired) electrons. The Hall–Kier alpha value is -0.770. The van der Waals surface area contributed by atoms with Gasteiger partial charge in [-0.1, -0.05) is 46.5 Å². The lowest BCUT2D eigenvalue weighted by molar-refractivity contribution is 0.0943. The fourth-order valence-corrected chi connectivity index (χ4v) is 2.88. The fraction of sp³-hybridized carbons (Fsp3) is 0.706. The van der Waals surface area contributed by atoms with Crippen LogP contribution in [0.3, 0.4) is 0 Å². The molecule has 0 aliphatic rings. The van der Waals surface area contributed by atoms with Gasteiger partial charge < -0.3 is 9.88 Å². The monoisotopic (exact) mass is 356 g/mol. The van der Waals surface area contributed by atoms with Crippen LogP contribution in [0.15, 0.2) is 16.7 Å². The molecule has 0 spiro atoms. The highest BCUT2D eigenvalue weighted by Gasteiger charge is 2.11. The van der Waals surface area contributed by atoms with Crippen molar-refractivity contribution in [2.45, 2.75) is 65.8 Å². The van der Waals surface area contributed by atoms with E-state index in [2.05, 4.69) is 42.0 Å². The van der Waals surface area contributed by atoms with Gasteiger partial charge in [0.15, 0.2) is 0 Å². The number of amides is 1. The van der Waals surface area contributed by atoms with Gasteiger partial charge in [-0.3, -0.25) is 4.79 Å². The summed E-state index contributed by atoms with van der Waals surface area (Å²) in [6.45, 7) is 8.30. The Labute approximate surface area is 137 Å². The number of halogens is 1. The van der Waals surface area contributed by atoms with Crippen LogP contribution in [0.2, 0.25) is 0 Å². The molecule has 0 atom stereocenters. The van der Waals surface area contributed by atoms with Gasteiger partial charge in [0.2, 0.25) is 0 Å². The van der Waals surface area contributed by atoms with E-state index in [4.69, 9.17) is 0 Å². The van der Waals surface area contributed by atoms with Gasteiger partial charge in [-0.05, 0) is 40.8 Å². The summed E-state index contributed by atoms with van der Waals surface area (Å²) in [7, 11) is 0. The van der Waals surface area contributed by atoms with E-state index in [1.54, 1.807) is 0 Å². The molecule has 0 fully saturated rings. The van der Waals surface area contributed by atoms with Crippen molar-refractivity contribution in [1.29, 1.82) is 0 Å². The van der Waals surface area contributed by atoms with Gasteiger partial charge in [0, 0.05) is 23.8 Å².